The van der Waals surface area contributed by atoms with Crippen LogP contribution in [0.15, 0.2) is 48.5 Å². The maximum atomic E-state index is 12.7. The number of hydrogen-bond donors (Lipinski definition) is 0. The fourth-order valence-electron chi connectivity index (χ4n) is 3.48. The second-order valence-electron chi connectivity index (χ2n) is 6.56. The summed E-state index contributed by atoms with van der Waals surface area (Å²) in [7, 11) is 0. The quantitative estimate of drug-likeness (QED) is 0.446. The van der Waals surface area contributed by atoms with Gasteiger partial charge in [0.1, 0.15) is 0 Å². The average Bonchev–Trinajstić information content (AvgIpc) is 3.08. The highest BCUT2D eigenvalue weighted by Gasteiger charge is 2.53. The van der Waals surface area contributed by atoms with Crippen LogP contribution in [0.3, 0.4) is 0 Å². The number of ether oxygens (including phenoxy) is 2. The fourth-order valence-corrected chi connectivity index (χ4v) is 3.48. The first-order valence-corrected chi connectivity index (χ1v) is 9.08. The van der Waals surface area contributed by atoms with Crippen LogP contribution >= 0.6 is 0 Å². The van der Waals surface area contributed by atoms with Crippen LogP contribution in [-0.2, 0) is 31.9 Å². The van der Waals surface area contributed by atoms with Crippen LogP contribution in [0.5, 0.6) is 0 Å². The number of fused-ring (bicyclic) bond motifs is 1. The van der Waals surface area contributed by atoms with Gasteiger partial charge in [-0.3, -0.25) is 14.4 Å². The molecule has 1 aliphatic carbocycles. The molecule has 0 atom stereocenters. The summed E-state index contributed by atoms with van der Waals surface area (Å²) >= 11 is 0. The molecule has 0 radical (unpaired) electrons. The molecule has 0 N–H and O–H groups in total. The van der Waals surface area contributed by atoms with Crippen molar-refractivity contribution in [3.05, 3.63) is 70.8 Å². The Kier molecular flexibility index (Phi) is 5.40. The SMILES string of the molecule is CCOC(=O)C1(C(=O)OCC)Cc2ccc(C(=O)c3ccccc3)cc2C1. The van der Waals surface area contributed by atoms with Gasteiger partial charge >= 0.3 is 11.9 Å². The van der Waals surface area contributed by atoms with E-state index >= 15 is 0 Å². The van der Waals surface area contributed by atoms with E-state index in [-0.39, 0.29) is 31.8 Å². The Bertz CT molecular complexity index is 852. The van der Waals surface area contributed by atoms with Gasteiger partial charge in [0.05, 0.1) is 13.2 Å². The van der Waals surface area contributed by atoms with Gasteiger partial charge in [-0.25, -0.2) is 0 Å². The van der Waals surface area contributed by atoms with Crippen molar-refractivity contribution in [2.75, 3.05) is 13.2 Å². The van der Waals surface area contributed by atoms with Gasteiger partial charge in [0.2, 0.25) is 0 Å². The van der Waals surface area contributed by atoms with Crippen LogP contribution in [0.2, 0.25) is 0 Å². The lowest BCUT2D eigenvalue weighted by Crippen LogP contribution is -2.43. The van der Waals surface area contributed by atoms with Gasteiger partial charge < -0.3 is 9.47 Å². The molecule has 3 rings (SSSR count). The topological polar surface area (TPSA) is 69.7 Å². The molecule has 0 saturated carbocycles. The predicted octanol–water partition coefficient (Wildman–Crippen LogP) is 3.13. The van der Waals surface area contributed by atoms with Crippen molar-refractivity contribution in [2.45, 2.75) is 26.7 Å². The van der Waals surface area contributed by atoms with Gasteiger partial charge in [0.15, 0.2) is 11.2 Å². The summed E-state index contributed by atoms with van der Waals surface area (Å²) in [6.45, 7) is 3.78. The molecule has 0 heterocycles. The smallest absolute Gasteiger partial charge is 0.324 e. The standard InChI is InChI=1S/C22H22O5/c1-3-26-20(24)22(21(25)27-4-2)13-17-11-10-16(12-18(17)14-22)19(23)15-8-6-5-7-9-15/h5-12H,3-4,13-14H2,1-2H3. The molecule has 0 unspecified atom stereocenters. The second kappa shape index (κ2) is 7.74. The number of ketones is 1. The molecule has 0 saturated heterocycles. The monoisotopic (exact) mass is 366 g/mol. The number of carbonyl (C=O) groups excluding carboxylic acids is 3. The van der Waals surface area contributed by atoms with Crippen molar-refractivity contribution in [2.24, 2.45) is 5.41 Å². The van der Waals surface area contributed by atoms with Crippen molar-refractivity contribution in [1.82, 2.24) is 0 Å². The van der Waals surface area contributed by atoms with Crippen molar-refractivity contribution in [3.63, 3.8) is 0 Å². The first-order valence-electron chi connectivity index (χ1n) is 9.08. The normalized spacial score (nSPS) is 14.3. The largest absolute Gasteiger partial charge is 0.465 e. The van der Waals surface area contributed by atoms with Crippen LogP contribution in [-0.4, -0.2) is 30.9 Å². The zero-order valence-electron chi connectivity index (χ0n) is 15.5. The third kappa shape index (κ3) is 3.50. The van der Waals surface area contributed by atoms with Crippen LogP contribution in [0, 0.1) is 5.41 Å². The van der Waals surface area contributed by atoms with Crippen molar-refractivity contribution in [1.29, 1.82) is 0 Å². The summed E-state index contributed by atoms with van der Waals surface area (Å²) in [4.78, 5) is 37.9. The Morgan fingerprint density at radius 2 is 1.41 bits per heavy atom. The van der Waals surface area contributed by atoms with Gasteiger partial charge in [0.25, 0.3) is 0 Å². The predicted molar refractivity (Wildman–Crippen MR) is 99.4 cm³/mol. The Morgan fingerprint density at radius 3 is 2.00 bits per heavy atom. The van der Waals surface area contributed by atoms with E-state index in [1.165, 1.54) is 0 Å². The first-order chi connectivity index (χ1) is 13.0. The molecule has 27 heavy (non-hydrogen) atoms. The Labute approximate surface area is 158 Å². The summed E-state index contributed by atoms with van der Waals surface area (Å²) in [5, 5.41) is 0. The van der Waals surface area contributed by atoms with Crippen molar-refractivity contribution >= 4 is 17.7 Å². The summed E-state index contributed by atoms with van der Waals surface area (Å²) < 4.78 is 10.3. The number of esters is 2. The van der Waals surface area contributed by atoms with E-state index in [0.29, 0.717) is 11.1 Å². The van der Waals surface area contributed by atoms with E-state index in [0.717, 1.165) is 11.1 Å². The molecule has 0 spiro atoms. The van der Waals surface area contributed by atoms with Crippen LogP contribution < -0.4 is 0 Å². The highest BCUT2D eigenvalue weighted by Crippen LogP contribution is 2.40. The Hall–Kier alpha value is -2.95. The molecule has 0 aromatic heterocycles. The van der Waals surface area contributed by atoms with E-state index < -0.39 is 17.4 Å². The van der Waals surface area contributed by atoms with Gasteiger partial charge in [0, 0.05) is 11.1 Å². The number of carbonyl (C=O) groups is 3. The van der Waals surface area contributed by atoms with E-state index in [9.17, 15) is 14.4 Å². The lowest BCUT2D eigenvalue weighted by atomic mass is 9.84. The highest BCUT2D eigenvalue weighted by molar-refractivity contribution is 6.09. The molecule has 2 aromatic rings. The maximum Gasteiger partial charge on any atom is 0.324 e. The van der Waals surface area contributed by atoms with E-state index in [4.69, 9.17) is 9.47 Å². The summed E-state index contributed by atoms with van der Waals surface area (Å²) in [5.74, 6) is -1.24. The van der Waals surface area contributed by atoms with Crippen LogP contribution in [0.25, 0.3) is 0 Å². The Balaban J connectivity index is 1.93. The third-order valence-corrected chi connectivity index (χ3v) is 4.82. The molecule has 0 aliphatic heterocycles. The molecule has 0 bridgehead atoms. The zero-order chi connectivity index (χ0) is 19.4. The zero-order valence-corrected chi connectivity index (χ0v) is 15.5. The average molecular weight is 366 g/mol. The van der Waals surface area contributed by atoms with Crippen molar-refractivity contribution in [3.8, 4) is 0 Å². The maximum absolute atomic E-state index is 12.7. The summed E-state index contributed by atoms with van der Waals surface area (Å²) in [6, 6.07) is 14.3. The van der Waals surface area contributed by atoms with Crippen LogP contribution in [0.4, 0.5) is 0 Å². The highest BCUT2D eigenvalue weighted by atomic mass is 16.6. The molecule has 0 fully saturated rings. The molecule has 5 nitrogen and oxygen atoms in total. The Morgan fingerprint density at radius 1 is 0.815 bits per heavy atom. The first kappa shape index (κ1) is 18.8. The van der Waals surface area contributed by atoms with E-state index in [2.05, 4.69) is 0 Å². The molecular weight excluding hydrogens is 344 g/mol. The molecular formula is C22H22O5. The minimum Gasteiger partial charge on any atom is -0.465 e. The lowest BCUT2D eigenvalue weighted by molar-refractivity contribution is -0.171. The number of hydrogen-bond acceptors (Lipinski definition) is 5. The summed E-state index contributed by atoms with van der Waals surface area (Å²) in [6.07, 6.45) is 0.399. The molecule has 140 valence electrons. The molecule has 0 amide bonds. The minimum atomic E-state index is -1.37. The number of benzene rings is 2. The molecule has 5 heteroatoms. The fraction of sp³-hybridized carbons (Fsp3) is 0.318. The molecule has 1 aliphatic rings. The van der Waals surface area contributed by atoms with Crippen LogP contribution in [0.1, 0.15) is 40.9 Å². The van der Waals surface area contributed by atoms with Gasteiger partial charge in [-0.2, -0.15) is 0 Å². The van der Waals surface area contributed by atoms with Gasteiger partial charge in [-0.05, 0) is 43.9 Å². The lowest BCUT2D eigenvalue weighted by Gasteiger charge is -2.23. The third-order valence-electron chi connectivity index (χ3n) is 4.82. The number of rotatable bonds is 6. The van der Waals surface area contributed by atoms with Gasteiger partial charge in [-0.15, -0.1) is 0 Å². The molecule has 2 aromatic carbocycles. The van der Waals surface area contributed by atoms with Gasteiger partial charge in [-0.1, -0.05) is 42.5 Å². The van der Waals surface area contributed by atoms with Crippen molar-refractivity contribution < 1.29 is 23.9 Å². The minimum absolute atomic E-state index is 0.0943. The summed E-state index contributed by atoms with van der Waals surface area (Å²) in [5.41, 5.74) is 1.42. The second-order valence-corrected chi connectivity index (χ2v) is 6.56. The van der Waals surface area contributed by atoms with E-state index in [1.807, 2.05) is 24.3 Å². The van der Waals surface area contributed by atoms with E-state index in [1.54, 1.807) is 38.1 Å².